The molecule has 0 aromatic heterocycles. The van der Waals surface area contributed by atoms with E-state index in [1.165, 1.54) is 11.8 Å². The van der Waals surface area contributed by atoms with Crippen LogP contribution in [0.5, 0.6) is 0 Å². The lowest BCUT2D eigenvalue weighted by molar-refractivity contribution is -0.138. The molecule has 1 atom stereocenters. The van der Waals surface area contributed by atoms with Crippen LogP contribution in [0.25, 0.3) is 0 Å². The summed E-state index contributed by atoms with van der Waals surface area (Å²) in [6.07, 6.45) is 0. The second-order valence-corrected chi connectivity index (χ2v) is 9.48. The minimum atomic E-state index is -0.602. The van der Waals surface area contributed by atoms with Gasteiger partial charge in [0.2, 0.25) is 11.8 Å². The van der Waals surface area contributed by atoms with E-state index < -0.39 is 6.04 Å². The minimum absolute atomic E-state index is 0.00569. The van der Waals surface area contributed by atoms with Crippen LogP contribution in [0.3, 0.4) is 0 Å². The van der Waals surface area contributed by atoms with Crippen molar-refractivity contribution in [3.05, 3.63) is 68.7 Å². The third kappa shape index (κ3) is 7.69. The first-order chi connectivity index (χ1) is 14.2. The number of nitrogens with one attached hydrogen (secondary N) is 1. The molecule has 0 radical (unpaired) electrons. The molecule has 0 aliphatic rings. The molecule has 1 N–H and O–H groups in total. The fourth-order valence-corrected chi connectivity index (χ4v) is 4.34. The largest absolute Gasteiger partial charge is 0.352 e. The van der Waals surface area contributed by atoms with Crippen LogP contribution in [0.15, 0.2) is 42.5 Å². The summed E-state index contributed by atoms with van der Waals surface area (Å²) in [6, 6.07) is 12.0. The molecule has 2 rings (SSSR count). The summed E-state index contributed by atoms with van der Waals surface area (Å²) in [4.78, 5) is 27.2. The monoisotopic (exact) mass is 486 g/mol. The molecule has 0 heterocycles. The number of carbonyl (C=O) groups excluding carboxylic acids is 2. The molecule has 162 valence electrons. The third-order valence-electron chi connectivity index (χ3n) is 4.36. The van der Waals surface area contributed by atoms with E-state index in [2.05, 4.69) is 5.32 Å². The molecule has 8 heteroatoms. The predicted octanol–water partition coefficient (Wildman–Crippen LogP) is 5.82. The number of thioether (sulfide) groups is 1. The first-order valence-electron chi connectivity index (χ1n) is 9.53. The average Bonchev–Trinajstić information content (AvgIpc) is 2.68. The maximum Gasteiger partial charge on any atom is 0.242 e. The highest BCUT2D eigenvalue weighted by Gasteiger charge is 2.26. The lowest BCUT2D eigenvalue weighted by Crippen LogP contribution is -2.49. The Bertz CT molecular complexity index is 875. The van der Waals surface area contributed by atoms with Crippen molar-refractivity contribution in [2.24, 2.45) is 0 Å². The minimum Gasteiger partial charge on any atom is -0.352 e. The molecule has 0 aliphatic carbocycles. The molecule has 0 saturated heterocycles. The van der Waals surface area contributed by atoms with Crippen molar-refractivity contribution in [2.75, 3.05) is 5.75 Å². The first kappa shape index (κ1) is 24.9. The van der Waals surface area contributed by atoms with E-state index >= 15 is 0 Å². The van der Waals surface area contributed by atoms with Crippen LogP contribution in [0.4, 0.5) is 0 Å². The number of amides is 2. The summed E-state index contributed by atoms with van der Waals surface area (Å²) in [5, 5.41) is 4.65. The van der Waals surface area contributed by atoms with E-state index in [4.69, 9.17) is 34.8 Å². The Morgan fingerprint density at radius 3 is 2.23 bits per heavy atom. The predicted molar refractivity (Wildman–Crippen MR) is 127 cm³/mol. The van der Waals surface area contributed by atoms with E-state index in [1.807, 2.05) is 32.0 Å². The number of halogens is 3. The summed E-state index contributed by atoms with van der Waals surface area (Å²) >= 11 is 19.6. The number of hydrogen-bond acceptors (Lipinski definition) is 3. The van der Waals surface area contributed by atoms with Gasteiger partial charge < -0.3 is 10.2 Å². The molecule has 2 amide bonds. The van der Waals surface area contributed by atoms with E-state index in [9.17, 15) is 9.59 Å². The highest BCUT2D eigenvalue weighted by atomic mass is 35.5. The fourth-order valence-electron chi connectivity index (χ4n) is 2.74. The van der Waals surface area contributed by atoms with Gasteiger partial charge in [-0.05, 0) is 56.2 Å². The van der Waals surface area contributed by atoms with Gasteiger partial charge in [-0.15, -0.1) is 11.8 Å². The summed E-state index contributed by atoms with van der Waals surface area (Å²) < 4.78 is 0. The number of carbonyl (C=O) groups is 2. The van der Waals surface area contributed by atoms with Crippen molar-refractivity contribution in [3.63, 3.8) is 0 Å². The lowest BCUT2D eigenvalue weighted by Gasteiger charge is -2.29. The maximum absolute atomic E-state index is 13.0. The molecule has 2 aromatic rings. The molecule has 30 heavy (non-hydrogen) atoms. The van der Waals surface area contributed by atoms with Crippen molar-refractivity contribution in [1.29, 1.82) is 0 Å². The van der Waals surface area contributed by atoms with Crippen LogP contribution in [0.2, 0.25) is 15.1 Å². The maximum atomic E-state index is 13.0. The molecular formula is C22H25Cl3N2O2S. The molecule has 0 bridgehead atoms. The second kappa shape index (κ2) is 11.8. The Kier molecular flexibility index (Phi) is 9.82. The Hall–Kier alpha value is -1.40. The van der Waals surface area contributed by atoms with Gasteiger partial charge in [-0.3, -0.25) is 9.59 Å². The number of nitrogens with zero attached hydrogens (tertiary/aromatic N) is 1. The van der Waals surface area contributed by atoms with Crippen molar-refractivity contribution < 1.29 is 9.59 Å². The Labute approximate surface area is 197 Å². The quantitative estimate of drug-likeness (QED) is 0.485. The van der Waals surface area contributed by atoms with Crippen LogP contribution in [-0.4, -0.2) is 34.6 Å². The average molecular weight is 488 g/mol. The van der Waals surface area contributed by atoms with Gasteiger partial charge >= 0.3 is 0 Å². The van der Waals surface area contributed by atoms with Gasteiger partial charge in [-0.2, -0.15) is 0 Å². The zero-order chi connectivity index (χ0) is 22.3. The first-order valence-corrected chi connectivity index (χ1v) is 11.8. The standard InChI is InChI=1S/C22H25Cl3N2O2S/c1-14(2)26-22(29)15(3)27(11-16-4-7-18(23)8-5-16)21(28)13-30-12-17-6-9-19(24)10-20(17)25/h4-10,14-15H,11-13H2,1-3H3,(H,26,29)/t15-/m1/s1. The van der Waals surface area contributed by atoms with Gasteiger partial charge in [0.1, 0.15) is 6.04 Å². The topological polar surface area (TPSA) is 49.4 Å². The van der Waals surface area contributed by atoms with Crippen molar-refractivity contribution in [2.45, 2.75) is 45.2 Å². The zero-order valence-corrected chi connectivity index (χ0v) is 20.2. The fraction of sp³-hybridized carbons (Fsp3) is 0.364. The van der Waals surface area contributed by atoms with Gasteiger partial charge in [0.05, 0.1) is 5.75 Å². The summed E-state index contributed by atoms with van der Waals surface area (Å²) in [6.45, 7) is 5.85. The summed E-state index contributed by atoms with van der Waals surface area (Å²) in [7, 11) is 0. The molecule has 4 nitrogen and oxygen atoms in total. The highest BCUT2D eigenvalue weighted by molar-refractivity contribution is 7.99. The number of hydrogen-bond donors (Lipinski definition) is 1. The lowest BCUT2D eigenvalue weighted by atomic mass is 10.1. The third-order valence-corrected chi connectivity index (χ3v) is 6.17. The molecule has 0 spiro atoms. The molecule has 0 fully saturated rings. The number of benzene rings is 2. The second-order valence-electron chi connectivity index (χ2n) is 7.22. The molecule has 0 aliphatic heterocycles. The van der Waals surface area contributed by atoms with Crippen LogP contribution >= 0.6 is 46.6 Å². The van der Waals surface area contributed by atoms with Gasteiger partial charge in [-0.1, -0.05) is 53.0 Å². The SMILES string of the molecule is CC(C)NC(=O)[C@@H](C)N(Cc1ccc(Cl)cc1)C(=O)CSCc1ccc(Cl)cc1Cl. The van der Waals surface area contributed by atoms with E-state index in [0.717, 1.165) is 11.1 Å². The highest BCUT2D eigenvalue weighted by Crippen LogP contribution is 2.25. The Morgan fingerprint density at radius 1 is 1.00 bits per heavy atom. The van der Waals surface area contributed by atoms with Gasteiger partial charge in [0.25, 0.3) is 0 Å². The molecule has 2 aromatic carbocycles. The van der Waals surface area contributed by atoms with Gasteiger partial charge in [0.15, 0.2) is 0 Å². The van der Waals surface area contributed by atoms with Crippen molar-refractivity contribution in [1.82, 2.24) is 10.2 Å². The number of rotatable bonds is 9. The Morgan fingerprint density at radius 2 is 1.63 bits per heavy atom. The molecular weight excluding hydrogens is 463 g/mol. The summed E-state index contributed by atoms with van der Waals surface area (Å²) in [5.41, 5.74) is 1.82. The van der Waals surface area contributed by atoms with E-state index in [1.54, 1.807) is 36.1 Å². The zero-order valence-electron chi connectivity index (χ0n) is 17.1. The normalized spacial score (nSPS) is 12.0. The van der Waals surface area contributed by atoms with Gasteiger partial charge in [0, 0.05) is 33.4 Å². The molecule has 0 saturated carbocycles. The van der Waals surface area contributed by atoms with Crippen LogP contribution in [-0.2, 0) is 21.9 Å². The summed E-state index contributed by atoms with van der Waals surface area (Å²) in [5.74, 6) is 0.499. The van der Waals surface area contributed by atoms with Crippen molar-refractivity contribution >= 4 is 58.4 Å². The Balaban J connectivity index is 2.08. The van der Waals surface area contributed by atoms with Gasteiger partial charge in [-0.25, -0.2) is 0 Å². The van der Waals surface area contributed by atoms with Crippen molar-refractivity contribution in [3.8, 4) is 0 Å². The van der Waals surface area contributed by atoms with Crippen LogP contribution < -0.4 is 5.32 Å². The van der Waals surface area contributed by atoms with Crippen LogP contribution in [0.1, 0.15) is 31.9 Å². The van der Waals surface area contributed by atoms with E-state index in [0.29, 0.717) is 27.4 Å². The molecule has 0 unspecified atom stereocenters. The smallest absolute Gasteiger partial charge is 0.242 e. The van der Waals surface area contributed by atoms with E-state index in [-0.39, 0.29) is 23.6 Å². The van der Waals surface area contributed by atoms with Crippen LogP contribution in [0, 0.1) is 0 Å².